The number of carboxylic acids is 1. The van der Waals surface area contributed by atoms with Crippen LogP contribution in [0.5, 0.6) is 5.75 Å². The van der Waals surface area contributed by atoms with Crippen molar-refractivity contribution in [3.05, 3.63) is 23.8 Å². The molecule has 0 saturated carbocycles. The van der Waals surface area contributed by atoms with Gasteiger partial charge in [-0.25, -0.2) is 4.79 Å². The van der Waals surface area contributed by atoms with E-state index in [4.69, 9.17) is 20.3 Å². The zero-order valence-corrected chi connectivity index (χ0v) is 6.51. The monoisotopic (exact) mass is 182 g/mol. The number of rotatable bonds is 2. The Bertz CT molecular complexity index is 336. The van der Waals surface area contributed by atoms with E-state index < -0.39 is 13.1 Å². The van der Waals surface area contributed by atoms with E-state index in [1.54, 1.807) is 0 Å². The number of phenolic OH excluding ortho intramolecular Hbond substituents is 1. The first-order chi connectivity index (χ1) is 6.00. The van der Waals surface area contributed by atoms with Crippen LogP contribution < -0.4 is 5.46 Å². The average Bonchev–Trinajstić information content (AvgIpc) is 2.03. The molecule has 0 aliphatic carbocycles. The molecule has 0 atom stereocenters. The van der Waals surface area contributed by atoms with Gasteiger partial charge in [0.1, 0.15) is 5.75 Å². The summed E-state index contributed by atoms with van der Waals surface area (Å²) in [5.41, 5.74) is -0.250. The minimum Gasteiger partial charge on any atom is -0.508 e. The maximum atomic E-state index is 10.5. The van der Waals surface area contributed by atoms with Crippen LogP contribution in [0.1, 0.15) is 10.4 Å². The van der Waals surface area contributed by atoms with Crippen LogP contribution in [0, 0.1) is 0 Å². The van der Waals surface area contributed by atoms with Crippen LogP contribution in [0.3, 0.4) is 0 Å². The molecule has 5 nitrogen and oxygen atoms in total. The SMILES string of the molecule is O=C(O)c1cc(O)cc(B(O)O)c1. The zero-order valence-electron chi connectivity index (χ0n) is 6.51. The van der Waals surface area contributed by atoms with Gasteiger partial charge in [-0.1, -0.05) is 0 Å². The molecule has 0 aliphatic rings. The predicted octanol–water partition coefficient (Wildman–Crippen LogP) is -1.23. The number of aromatic carboxylic acids is 1. The maximum absolute atomic E-state index is 10.5. The summed E-state index contributed by atoms with van der Waals surface area (Å²) in [5.74, 6) is -1.55. The van der Waals surface area contributed by atoms with E-state index in [2.05, 4.69) is 0 Å². The molecule has 4 N–H and O–H groups in total. The summed E-state index contributed by atoms with van der Waals surface area (Å²) in [6, 6.07) is 3.18. The van der Waals surface area contributed by atoms with E-state index in [0.29, 0.717) is 0 Å². The highest BCUT2D eigenvalue weighted by Gasteiger charge is 2.15. The highest BCUT2D eigenvalue weighted by molar-refractivity contribution is 6.58. The summed E-state index contributed by atoms with van der Waals surface area (Å²) >= 11 is 0. The smallest absolute Gasteiger partial charge is 0.488 e. The van der Waals surface area contributed by atoms with Crippen molar-refractivity contribution < 1.29 is 25.1 Å². The van der Waals surface area contributed by atoms with Gasteiger partial charge in [-0.05, 0) is 23.7 Å². The second-order valence-electron chi connectivity index (χ2n) is 2.49. The molecule has 0 aromatic heterocycles. The van der Waals surface area contributed by atoms with Crippen molar-refractivity contribution in [2.75, 3.05) is 0 Å². The summed E-state index contributed by atoms with van der Waals surface area (Å²) in [4.78, 5) is 10.5. The average molecular weight is 182 g/mol. The predicted molar refractivity (Wildman–Crippen MR) is 44.9 cm³/mol. The van der Waals surface area contributed by atoms with Crippen LogP contribution in [-0.4, -0.2) is 33.3 Å². The van der Waals surface area contributed by atoms with Gasteiger partial charge < -0.3 is 20.3 Å². The number of hydrogen-bond donors (Lipinski definition) is 4. The molecule has 13 heavy (non-hydrogen) atoms. The number of carboxylic acid groups (broad SMARTS) is 1. The topological polar surface area (TPSA) is 98.0 Å². The lowest BCUT2D eigenvalue weighted by atomic mass is 9.79. The summed E-state index contributed by atoms with van der Waals surface area (Å²) in [6.45, 7) is 0. The minimum atomic E-state index is -1.79. The molecule has 0 spiro atoms. The number of hydrogen-bond acceptors (Lipinski definition) is 4. The second-order valence-corrected chi connectivity index (χ2v) is 2.49. The lowest BCUT2D eigenvalue weighted by Crippen LogP contribution is -2.30. The van der Waals surface area contributed by atoms with Gasteiger partial charge in [0.2, 0.25) is 0 Å². The third-order valence-corrected chi connectivity index (χ3v) is 1.49. The van der Waals surface area contributed by atoms with Crippen LogP contribution in [0.25, 0.3) is 0 Å². The van der Waals surface area contributed by atoms with Gasteiger partial charge in [0.25, 0.3) is 0 Å². The standard InChI is InChI=1S/C7H7BO5/c9-6-2-4(7(10)11)1-5(3-6)8(12)13/h1-3,9,12-13H,(H,10,11). The largest absolute Gasteiger partial charge is 0.508 e. The van der Waals surface area contributed by atoms with Gasteiger partial charge in [-0.15, -0.1) is 0 Å². The van der Waals surface area contributed by atoms with Gasteiger partial charge in [-0.2, -0.15) is 0 Å². The fraction of sp³-hybridized carbons (Fsp3) is 0. The maximum Gasteiger partial charge on any atom is 0.488 e. The Hall–Kier alpha value is -1.53. The summed E-state index contributed by atoms with van der Waals surface area (Å²) in [5, 5.41) is 35.0. The van der Waals surface area contributed by atoms with Crippen molar-refractivity contribution in [2.24, 2.45) is 0 Å². The quantitative estimate of drug-likeness (QED) is 0.429. The highest BCUT2D eigenvalue weighted by atomic mass is 16.4. The Morgan fingerprint density at radius 2 is 1.85 bits per heavy atom. The Morgan fingerprint density at radius 3 is 2.31 bits per heavy atom. The van der Waals surface area contributed by atoms with Crippen molar-refractivity contribution >= 4 is 18.6 Å². The second kappa shape index (κ2) is 3.46. The molecule has 0 bridgehead atoms. The van der Waals surface area contributed by atoms with Gasteiger partial charge >= 0.3 is 13.1 Å². The number of carbonyl (C=O) groups is 1. The molecule has 1 rings (SSSR count). The molecule has 0 fully saturated rings. The Labute approximate surface area is 74.0 Å². The fourth-order valence-electron chi connectivity index (χ4n) is 0.907. The highest BCUT2D eigenvalue weighted by Crippen LogP contribution is 2.09. The van der Waals surface area contributed by atoms with E-state index in [1.165, 1.54) is 0 Å². The molecule has 68 valence electrons. The zero-order chi connectivity index (χ0) is 10.0. The summed E-state index contributed by atoms with van der Waals surface area (Å²) < 4.78 is 0. The molecule has 0 radical (unpaired) electrons. The molecular formula is C7H7BO5. The molecule has 0 amide bonds. The normalized spacial score (nSPS) is 9.69. The van der Waals surface area contributed by atoms with Gasteiger partial charge in [0, 0.05) is 0 Å². The third kappa shape index (κ3) is 2.20. The first-order valence-corrected chi connectivity index (χ1v) is 3.44. The summed E-state index contributed by atoms with van der Waals surface area (Å²) in [6.07, 6.45) is 0. The molecule has 1 aromatic rings. The molecule has 0 aliphatic heterocycles. The minimum absolute atomic E-state index is 0.0580. The van der Waals surface area contributed by atoms with E-state index in [-0.39, 0.29) is 16.8 Å². The lowest BCUT2D eigenvalue weighted by Gasteiger charge is -2.02. The van der Waals surface area contributed by atoms with E-state index in [9.17, 15) is 4.79 Å². The van der Waals surface area contributed by atoms with E-state index in [0.717, 1.165) is 18.2 Å². The Morgan fingerprint density at radius 1 is 1.23 bits per heavy atom. The first kappa shape index (κ1) is 9.56. The van der Waals surface area contributed by atoms with Gasteiger partial charge in [-0.3, -0.25) is 0 Å². The van der Waals surface area contributed by atoms with Crippen LogP contribution in [0.4, 0.5) is 0 Å². The Kier molecular flexibility index (Phi) is 2.55. The van der Waals surface area contributed by atoms with Crippen LogP contribution in [0.15, 0.2) is 18.2 Å². The Balaban J connectivity index is 3.19. The van der Waals surface area contributed by atoms with Crippen molar-refractivity contribution in [3.8, 4) is 5.75 Å². The van der Waals surface area contributed by atoms with Crippen molar-refractivity contribution in [1.29, 1.82) is 0 Å². The fourth-order valence-corrected chi connectivity index (χ4v) is 0.907. The molecule has 6 heteroatoms. The van der Waals surface area contributed by atoms with Crippen molar-refractivity contribution in [3.63, 3.8) is 0 Å². The number of benzene rings is 1. The van der Waals surface area contributed by atoms with E-state index >= 15 is 0 Å². The molecule has 0 heterocycles. The van der Waals surface area contributed by atoms with Crippen LogP contribution >= 0.6 is 0 Å². The van der Waals surface area contributed by atoms with Crippen molar-refractivity contribution in [1.82, 2.24) is 0 Å². The summed E-state index contributed by atoms with van der Waals surface area (Å²) in [7, 11) is -1.79. The lowest BCUT2D eigenvalue weighted by molar-refractivity contribution is 0.0696. The van der Waals surface area contributed by atoms with Gasteiger partial charge in [0.05, 0.1) is 5.56 Å². The third-order valence-electron chi connectivity index (χ3n) is 1.49. The molecule has 1 aromatic carbocycles. The molecular weight excluding hydrogens is 175 g/mol. The van der Waals surface area contributed by atoms with Gasteiger partial charge in [0.15, 0.2) is 0 Å². The number of phenols is 1. The van der Waals surface area contributed by atoms with E-state index in [1.807, 2.05) is 0 Å². The van der Waals surface area contributed by atoms with Crippen LogP contribution in [-0.2, 0) is 0 Å². The number of aromatic hydroxyl groups is 1. The first-order valence-electron chi connectivity index (χ1n) is 3.44. The molecule has 0 unspecified atom stereocenters. The van der Waals surface area contributed by atoms with Crippen molar-refractivity contribution in [2.45, 2.75) is 0 Å². The molecule has 0 saturated heterocycles. The van der Waals surface area contributed by atoms with Crippen LogP contribution in [0.2, 0.25) is 0 Å².